The Labute approximate surface area is 123 Å². The predicted octanol–water partition coefficient (Wildman–Crippen LogP) is 4.39. The maximum absolute atomic E-state index is 11.6. The second-order valence-electron chi connectivity index (χ2n) is 5.71. The molecule has 19 heavy (non-hydrogen) atoms. The summed E-state index contributed by atoms with van der Waals surface area (Å²) in [7, 11) is 1.81. The largest absolute Gasteiger partial charge is 0.323 e. The molecule has 4 heteroatoms. The number of fused-ring (bicyclic) bond motifs is 1. The lowest BCUT2D eigenvalue weighted by atomic mass is 9.90. The van der Waals surface area contributed by atoms with Crippen LogP contribution in [0.2, 0.25) is 0 Å². The number of alkyl halides is 1. The third kappa shape index (κ3) is 2.94. The van der Waals surface area contributed by atoms with E-state index in [1.165, 1.54) is 11.1 Å². The molecule has 2 rings (SSSR count). The monoisotopic (exact) mass is 324 g/mol. The van der Waals surface area contributed by atoms with E-state index in [1.807, 2.05) is 13.1 Å². The summed E-state index contributed by atoms with van der Waals surface area (Å²) < 4.78 is 0. The summed E-state index contributed by atoms with van der Waals surface area (Å²) in [5.74, 6) is 1.19. The van der Waals surface area contributed by atoms with Gasteiger partial charge in [-0.15, -0.1) is 0 Å². The van der Waals surface area contributed by atoms with Crippen LogP contribution in [0.3, 0.4) is 0 Å². The number of urea groups is 1. The minimum absolute atomic E-state index is 0.0359. The Balaban J connectivity index is 2.26. The molecule has 104 valence electrons. The topological polar surface area (TPSA) is 32.3 Å². The SMILES string of the molecule is CC(C)C(C)C(Br)c1ccc2c(c1)CN(C)C(=O)N2. The van der Waals surface area contributed by atoms with Crippen LogP contribution in [-0.2, 0) is 6.54 Å². The van der Waals surface area contributed by atoms with Gasteiger partial charge in [-0.1, -0.05) is 48.8 Å². The second-order valence-corrected chi connectivity index (χ2v) is 6.69. The van der Waals surface area contributed by atoms with Crippen LogP contribution in [0, 0.1) is 11.8 Å². The van der Waals surface area contributed by atoms with Gasteiger partial charge in [0.15, 0.2) is 0 Å². The summed E-state index contributed by atoms with van der Waals surface area (Å²) in [6.07, 6.45) is 0. The van der Waals surface area contributed by atoms with Gasteiger partial charge in [0, 0.05) is 24.1 Å². The van der Waals surface area contributed by atoms with Gasteiger partial charge in [0.05, 0.1) is 0 Å². The normalized spacial score (nSPS) is 18.0. The van der Waals surface area contributed by atoms with Crippen LogP contribution in [0.4, 0.5) is 10.5 Å². The van der Waals surface area contributed by atoms with Crippen molar-refractivity contribution >= 4 is 27.6 Å². The molecule has 1 aliphatic heterocycles. The Kier molecular flexibility index (Phi) is 4.19. The van der Waals surface area contributed by atoms with Gasteiger partial charge in [0.25, 0.3) is 0 Å². The molecule has 2 unspecified atom stereocenters. The van der Waals surface area contributed by atoms with Crippen LogP contribution in [0.25, 0.3) is 0 Å². The number of halogens is 1. The second kappa shape index (κ2) is 5.53. The number of nitrogens with zero attached hydrogens (tertiary/aromatic N) is 1. The van der Waals surface area contributed by atoms with Crippen molar-refractivity contribution in [3.8, 4) is 0 Å². The maximum atomic E-state index is 11.6. The van der Waals surface area contributed by atoms with Crippen molar-refractivity contribution < 1.29 is 4.79 Å². The number of carbonyl (C=O) groups excluding carboxylic acids is 1. The number of nitrogens with one attached hydrogen (secondary N) is 1. The van der Waals surface area contributed by atoms with E-state index in [4.69, 9.17) is 0 Å². The molecule has 0 fully saturated rings. The first-order valence-corrected chi connectivity index (χ1v) is 7.60. The summed E-state index contributed by atoms with van der Waals surface area (Å²) in [5, 5.41) is 2.90. The molecule has 1 heterocycles. The fraction of sp³-hybridized carbons (Fsp3) is 0.533. The van der Waals surface area contributed by atoms with Crippen LogP contribution in [0.1, 0.15) is 36.7 Å². The van der Waals surface area contributed by atoms with E-state index < -0.39 is 0 Å². The van der Waals surface area contributed by atoms with E-state index >= 15 is 0 Å². The number of rotatable bonds is 3. The van der Waals surface area contributed by atoms with Gasteiger partial charge in [-0.25, -0.2) is 4.79 Å². The molecule has 3 nitrogen and oxygen atoms in total. The molecule has 0 saturated carbocycles. The fourth-order valence-corrected chi connectivity index (χ4v) is 3.11. The number of anilines is 1. The quantitative estimate of drug-likeness (QED) is 0.821. The first-order chi connectivity index (χ1) is 8.90. The van der Waals surface area contributed by atoms with Gasteiger partial charge in [0.2, 0.25) is 0 Å². The van der Waals surface area contributed by atoms with Crippen molar-refractivity contribution in [2.45, 2.75) is 32.1 Å². The molecule has 1 aromatic rings. The molecule has 0 saturated heterocycles. The summed E-state index contributed by atoms with van der Waals surface area (Å²) in [6, 6.07) is 6.27. The number of hydrogen-bond acceptors (Lipinski definition) is 1. The molecule has 1 aromatic carbocycles. The molecule has 1 N–H and O–H groups in total. The van der Waals surface area contributed by atoms with E-state index in [2.05, 4.69) is 54.2 Å². The summed E-state index contributed by atoms with van der Waals surface area (Å²) in [6.45, 7) is 7.42. The third-order valence-corrected chi connectivity index (χ3v) is 5.32. The highest BCUT2D eigenvalue weighted by Gasteiger charge is 2.23. The smallest absolute Gasteiger partial charge is 0.321 e. The predicted molar refractivity (Wildman–Crippen MR) is 82.6 cm³/mol. The van der Waals surface area contributed by atoms with Crippen molar-refractivity contribution in [1.29, 1.82) is 0 Å². The lowest BCUT2D eigenvalue weighted by Gasteiger charge is -2.28. The van der Waals surface area contributed by atoms with Crippen molar-refractivity contribution in [2.75, 3.05) is 12.4 Å². The van der Waals surface area contributed by atoms with E-state index in [9.17, 15) is 4.79 Å². The van der Waals surface area contributed by atoms with Gasteiger partial charge in [0.1, 0.15) is 0 Å². The molecule has 0 radical (unpaired) electrons. The zero-order chi connectivity index (χ0) is 14.2. The number of carbonyl (C=O) groups is 1. The van der Waals surface area contributed by atoms with Crippen LogP contribution in [0.5, 0.6) is 0 Å². The number of amides is 2. The highest BCUT2D eigenvalue weighted by Crippen LogP contribution is 2.37. The minimum Gasteiger partial charge on any atom is -0.323 e. The molecule has 2 amide bonds. The Morgan fingerprint density at radius 3 is 2.63 bits per heavy atom. The molecule has 2 atom stereocenters. The van der Waals surface area contributed by atoms with Gasteiger partial charge in [-0.3, -0.25) is 0 Å². The van der Waals surface area contributed by atoms with Gasteiger partial charge >= 0.3 is 6.03 Å². The molecule has 0 aliphatic carbocycles. The molecular formula is C15H21BrN2O. The van der Waals surface area contributed by atoms with Crippen LogP contribution in [-0.4, -0.2) is 18.0 Å². The zero-order valence-electron chi connectivity index (χ0n) is 11.9. The van der Waals surface area contributed by atoms with Crippen LogP contribution < -0.4 is 5.32 Å². The van der Waals surface area contributed by atoms with E-state index in [0.717, 1.165) is 5.69 Å². The average molecular weight is 325 g/mol. The minimum atomic E-state index is -0.0359. The van der Waals surface area contributed by atoms with Crippen LogP contribution >= 0.6 is 15.9 Å². The average Bonchev–Trinajstić information content (AvgIpc) is 2.37. The van der Waals surface area contributed by atoms with E-state index in [-0.39, 0.29) is 6.03 Å². The zero-order valence-corrected chi connectivity index (χ0v) is 13.5. The van der Waals surface area contributed by atoms with Crippen molar-refractivity contribution in [2.24, 2.45) is 11.8 Å². The summed E-state index contributed by atoms with van der Waals surface area (Å²) >= 11 is 3.81. The van der Waals surface area contributed by atoms with Crippen molar-refractivity contribution in [3.63, 3.8) is 0 Å². The Morgan fingerprint density at radius 1 is 1.32 bits per heavy atom. The van der Waals surface area contributed by atoms with Gasteiger partial charge in [-0.05, 0) is 29.0 Å². The van der Waals surface area contributed by atoms with Crippen LogP contribution in [0.15, 0.2) is 18.2 Å². The van der Waals surface area contributed by atoms with E-state index in [1.54, 1.807) is 4.90 Å². The highest BCUT2D eigenvalue weighted by atomic mass is 79.9. The number of benzene rings is 1. The van der Waals surface area contributed by atoms with Crippen molar-refractivity contribution in [3.05, 3.63) is 29.3 Å². The molecule has 1 aliphatic rings. The van der Waals surface area contributed by atoms with Gasteiger partial charge < -0.3 is 10.2 Å². The molecule has 0 aromatic heterocycles. The Morgan fingerprint density at radius 2 is 2.00 bits per heavy atom. The van der Waals surface area contributed by atoms with Crippen molar-refractivity contribution in [1.82, 2.24) is 4.90 Å². The lowest BCUT2D eigenvalue weighted by Crippen LogP contribution is -2.35. The number of hydrogen-bond donors (Lipinski definition) is 1. The molecule has 0 bridgehead atoms. The van der Waals surface area contributed by atoms with Gasteiger partial charge in [-0.2, -0.15) is 0 Å². The molecular weight excluding hydrogens is 304 g/mol. The summed E-state index contributed by atoms with van der Waals surface area (Å²) in [5.41, 5.74) is 3.40. The maximum Gasteiger partial charge on any atom is 0.321 e. The highest BCUT2D eigenvalue weighted by molar-refractivity contribution is 9.09. The molecule has 0 spiro atoms. The fourth-order valence-electron chi connectivity index (χ4n) is 2.22. The standard InChI is InChI=1S/C15H21BrN2O/c1-9(2)10(3)14(16)11-5-6-13-12(7-11)8-18(4)15(19)17-13/h5-7,9-10,14H,8H2,1-4H3,(H,17,19). The Bertz CT molecular complexity index is 487. The Hall–Kier alpha value is -1.03. The first kappa shape index (κ1) is 14.4. The third-order valence-electron chi connectivity index (χ3n) is 3.96. The lowest BCUT2D eigenvalue weighted by molar-refractivity contribution is 0.218. The summed E-state index contributed by atoms with van der Waals surface area (Å²) in [4.78, 5) is 13.6. The van der Waals surface area contributed by atoms with E-state index in [0.29, 0.717) is 23.2 Å². The first-order valence-electron chi connectivity index (χ1n) is 6.69.